The lowest BCUT2D eigenvalue weighted by atomic mass is 10.1. The maximum absolute atomic E-state index is 5.66. The molecule has 3 heteroatoms. The Labute approximate surface area is 74.9 Å². The zero-order valence-corrected chi connectivity index (χ0v) is 8.10. The third-order valence-electron chi connectivity index (χ3n) is 2.38. The van der Waals surface area contributed by atoms with Gasteiger partial charge in [0.25, 0.3) is 0 Å². The lowest BCUT2D eigenvalue weighted by molar-refractivity contribution is 0.00403. The maximum Gasteiger partial charge on any atom is 0.0852 e. The van der Waals surface area contributed by atoms with Crippen molar-refractivity contribution in [2.75, 3.05) is 26.7 Å². The zero-order valence-electron chi connectivity index (χ0n) is 8.10. The summed E-state index contributed by atoms with van der Waals surface area (Å²) in [4.78, 5) is 0. The van der Waals surface area contributed by atoms with Crippen LogP contribution in [0.2, 0.25) is 0 Å². The van der Waals surface area contributed by atoms with E-state index < -0.39 is 0 Å². The minimum Gasteiger partial charge on any atom is -0.374 e. The van der Waals surface area contributed by atoms with E-state index in [0.717, 1.165) is 19.7 Å². The minimum atomic E-state index is 0.365. The van der Waals surface area contributed by atoms with E-state index in [1.165, 1.54) is 12.8 Å². The molecular weight excluding hydrogens is 152 g/mol. The SMILES string of the molecule is CCCC(NC)C1CNCCO1. The fraction of sp³-hybridized carbons (Fsp3) is 1.00. The Hall–Kier alpha value is -0.120. The van der Waals surface area contributed by atoms with Crippen molar-refractivity contribution in [3.63, 3.8) is 0 Å². The highest BCUT2D eigenvalue weighted by molar-refractivity contribution is 4.79. The van der Waals surface area contributed by atoms with E-state index in [2.05, 4.69) is 17.6 Å². The Morgan fingerprint density at radius 2 is 2.50 bits per heavy atom. The molecule has 1 aliphatic rings. The lowest BCUT2D eigenvalue weighted by Gasteiger charge is -2.30. The summed E-state index contributed by atoms with van der Waals surface area (Å²) in [5.74, 6) is 0. The Morgan fingerprint density at radius 3 is 3.00 bits per heavy atom. The van der Waals surface area contributed by atoms with Crippen LogP contribution in [-0.2, 0) is 4.74 Å². The Morgan fingerprint density at radius 1 is 1.67 bits per heavy atom. The lowest BCUT2D eigenvalue weighted by Crippen LogP contribution is -2.49. The second-order valence-corrected chi connectivity index (χ2v) is 3.30. The number of hydrogen-bond acceptors (Lipinski definition) is 3. The van der Waals surface area contributed by atoms with Crippen molar-refractivity contribution < 1.29 is 4.74 Å². The van der Waals surface area contributed by atoms with Crippen molar-refractivity contribution in [2.24, 2.45) is 0 Å². The fourth-order valence-corrected chi connectivity index (χ4v) is 1.67. The zero-order chi connectivity index (χ0) is 8.81. The Bertz CT molecular complexity index is 110. The molecule has 12 heavy (non-hydrogen) atoms. The second-order valence-electron chi connectivity index (χ2n) is 3.30. The molecule has 0 aliphatic carbocycles. The van der Waals surface area contributed by atoms with E-state index in [-0.39, 0.29) is 0 Å². The van der Waals surface area contributed by atoms with Crippen LogP contribution in [0.1, 0.15) is 19.8 Å². The van der Waals surface area contributed by atoms with Crippen molar-refractivity contribution in [2.45, 2.75) is 31.9 Å². The first-order chi connectivity index (χ1) is 5.88. The van der Waals surface area contributed by atoms with Crippen molar-refractivity contribution >= 4 is 0 Å². The summed E-state index contributed by atoms with van der Waals surface area (Å²) in [6, 6.07) is 0.516. The van der Waals surface area contributed by atoms with Gasteiger partial charge in [0.2, 0.25) is 0 Å². The van der Waals surface area contributed by atoms with E-state index in [1.807, 2.05) is 7.05 Å². The summed E-state index contributed by atoms with van der Waals surface area (Å²) in [6.45, 7) is 5.05. The van der Waals surface area contributed by atoms with Gasteiger partial charge in [-0.2, -0.15) is 0 Å². The Kier molecular flexibility index (Phi) is 4.58. The van der Waals surface area contributed by atoms with Gasteiger partial charge in [0.15, 0.2) is 0 Å². The van der Waals surface area contributed by atoms with Crippen LogP contribution >= 0.6 is 0 Å². The molecule has 0 aromatic carbocycles. The molecule has 1 saturated heterocycles. The molecule has 0 bridgehead atoms. The molecule has 0 aromatic heterocycles. The molecule has 3 nitrogen and oxygen atoms in total. The van der Waals surface area contributed by atoms with Crippen LogP contribution in [0.5, 0.6) is 0 Å². The van der Waals surface area contributed by atoms with E-state index in [4.69, 9.17) is 4.74 Å². The van der Waals surface area contributed by atoms with E-state index >= 15 is 0 Å². The molecule has 1 heterocycles. The average molecular weight is 172 g/mol. The summed E-state index contributed by atoms with van der Waals surface area (Å²) < 4.78 is 5.66. The van der Waals surface area contributed by atoms with Gasteiger partial charge in [0.1, 0.15) is 0 Å². The summed E-state index contributed by atoms with van der Waals surface area (Å²) >= 11 is 0. The molecule has 2 unspecified atom stereocenters. The number of ether oxygens (including phenoxy) is 1. The van der Waals surface area contributed by atoms with Crippen LogP contribution in [-0.4, -0.2) is 38.9 Å². The summed E-state index contributed by atoms with van der Waals surface area (Å²) in [7, 11) is 2.01. The van der Waals surface area contributed by atoms with E-state index in [1.54, 1.807) is 0 Å². The van der Waals surface area contributed by atoms with Gasteiger partial charge in [-0.1, -0.05) is 13.3 Å². The monoisotopic (exact) mass is 172 g/mol. The molecule has 1 rings (SSSR count). The van der Waals surface area contributed by atoms with Crippen LogP contribution in [0.3, 0.4) is 0 Å². The first-order valence-electron chi connectivity index (χ1n) is 4.88. The van der Waals surface area contributed by atoms with Crippen LogP contribution < -0.4 is 10.6 Å². The van der Waals surface area contributed by atoms with Crippen LogP contribution in [0.4, 0.5) is 0 Å². The van der Waals surface area contributed by atoms with Gasteiger partial charge >= 0.3 is 0 Å². The molecule has 0 amide bonds. The molecule has 2 N–H and O–H groups in total. The quantitative estimate of drug-likeness (QED) is 0.642. The molecule has 1 fully saturated rings. The first-order valence-corrected chi connectivity index (χ1v) is 4.88. The molecule has 0 spiro atoms. The van der Waals surface area contributed by atoms with Crippen molar-refractivity contribution in [1.29, 1.82) is 0 Å². The number of hydrogen-bond donors (Lipinski definition) is 2. The van der Waals surface area contributed by atoms with E-state index in [0.29, 0.717) is 12.1 Å². The number of morpholine rings is 1. The third-order valence-corrected chi connectivity index (χ3v) is 2.38. The Balaban J connectivity index is 2.29. The van der Waals surface area contributed by atoms with Crippen LogP contribution in [0.15, 0.2) is 0 Å². The number of likely N-dealkylation sites (N-methyl/N-ethyl adjacent to an activating group) is 1. The molecule has 0 saturated carbocycles. The van der Waals surface area contributed by atoms with Gasteiger partial charge in [0, 0.05) is 19.1 Å². The van der Waals surface area contributed by atoms with Crippen molar-refractivity contribution in [1.82, 2.24) is 10.6 Å². The van der Waals surface area contributed by atoms with Gasteiger partial charge in [-0.15, -0.1) is 0 Å². The fourth-order valence-electron chi connectivity index (χ4n) is 1.67. The molecule has 0 aromatic rings. The smallest absolute Gasteiger partial charge is 0.0852 e. The third kappa shape index (κ3) is 2.73. The van der Waals surface area contributed by atoms with Gasteiger partial charge in [-0.25, -0.2) is 0 Å². The maximum atomic E-state index is 5.66. The van der Waals surface area contributed by atoms with Gasteiger partial charge < -0.3 is 15.4 Å². The number of nitrogens with one attached hydrogen (secondary N) is 2. The largest absolute Gasteiger partial charge is 0.374 e. The normalized spacial score (nSPS) is 27.0. The average Bonchev–Trinajstić information content (AvgIpc) is 2.15. The number of rotatable bonds is 4. The van der Waals surface area contributed by atoms with Gasteiger partial charge in [0.05, 0.1) is 12.7 Å². The summed E-state index contributed by atoms with van der Waals surface area (Å²) in [6.07, 6.45) is 2.78. The highest BCUT2D eigenvalue weighted by atomic mass is 16.5. The summed E-state index contributed by atoms with van der Waals surface area (Å²) in [5.41, 5.74) is 0. The molecule has 72 valence electrons. The van der Waals surface area contributed by atoms with Gasteiger partial charge in [-0.3, -0.25) is 0 Å². The van der Waals surface area contributed by atoms with Gasteiger partial charge in [-0.05, 0) is 13.5 Å². The highest BCUT2D eigenvalue weighted by Crippen LogP contribution is 2.07. The highest BCUT2D eigenvalue weighted by Gasteiger charge is 2.21. The predicted molar refractivity (Wildman–Crippen MR) is 50.4 cm³/mol. The standard InChI is InChI=1S/C9H20N2O/c1-3-4-8(10-2)9-7-11-5-6-12-9/h8-11H,3-7H2,1-2H3. The van der Waals surface area contributed by atoms with E-state index in [9.17, 15) is 0 Å². The molecular formula is C9H20N2O. The first kappa shape index (κ1) is 9.96. The second kappa shape index (κ2) is 5.51. The molecule has 2 atom stereocenters. The van der Waals surface area contributed by atoms with Crippen LogP contribution in [0.25, 0.3) is 0 Å². The van der Waals surface area contributed by atoms with Crippen molar-refractivity contribution in [3.8, 4) is 0 Å². The minimum absolute atomic E-state index is 0.365. The van der Waals surface area contributed by atoms with Crippen molar-refractivity contribution in [3.05, 3.63) is 0 Å². The van der Waals surface area contributed by atoms with Crippen LogP contribution in [0, 0.1) is 0 Å². The predicted octanol–water partition coefficient (Wildman–Crippen LogP) is 0.363. The molecule has 1 aliphatic heterocycles. The topological polar surface area (TPSA) is 33.3 Å². The molecule has 0 radical (unpaired) electrons. The summed E-state index contributed by atoms with van der Waals surface area (Å²) in [5, 5.41) is 6.65.